The number of imide groups is 1. The number of aryl methyl sites for hydroxylation is 1. The number of likely N-dealkylation sites (tertiary alicyclic amines) is 1. The minimum atomic E-state index is -3.40. The fourth-order valence-corrected chi connectivity index (χ4v) is 5.87. The number of fused-ring (bicyclic) bond motifs is 2. The Hall–Kier alpha value is -2.75. The first-order valence-electron chi connectivity index (χ1n) is 10.8. The van der Waals surface area contributed by atoms with Gasteiger partial charge in [-0.1, -0.05) is 12.8 Å². The molecule has 0 radical (unpaired) electrons. The molecule has 0 N–H and O–H groups in total. The molecule has 172 valence electrons. The molecule has 1 aromatic rings. The van der Waals surface area contributed by atoms with Crippen molar-refractivity contribution >= 4 is 39.3 Å². The third-order valence-electron chi connectivity index (χ3n) is 6.46. The lowest BCUT2D eigenvalue weighted by Crippen LogP contribution is -2.37. The zero-order valence-corrected chi connectivity index (χ0v) is 18.7. The summed E-state index contributed by atoms with van der Waals surface area (Å²) in [5, 5.41) is 0. The monoisotopic (exact) mass is 462 g/mol. The van der Waals surface area contributed by atoms with Crippen LogP contribution in [0.5, 0.6) is 0 Å². The lowest BCUT2D eigenvalue weighted by atomic mass is 9.81. The van der Waals surface area contributed by atoms with Crippen LogP contribution in [0, 0.1) is 11.8 Å². The Labute approximate surface area is 186 Å². The molecule has 0 aromatic heterocycles. The van der Waals surface area contributed by atoms with Gasteiger partial charge >= 0.3 is 5.97 Å². The number of nitrogens with zero attached hydrogens (tertiary/aromatic N) is 2. The molecule has 1 aliphatic carbocycles. The summed E-state index contributed by atoms with van der Waals surface area (Å²) in [6.07, 6.45) is 5.55. The van der Waals surface area contributed by atoms with Crippen LogP contribution >= 0.6 is 0 Å². The van der Waals surface area contributed by atoms with Crippen LogP contribution in [0.1, 0.15) is 48.0 Å². The first-order chi connectivity index (χ1) is 15.2. The Kier molecular flexibility index (Phi) is 6.07. The van der Waals surface area contributed by atoms with Crippen LogP contribution in [0.25, 0.3) is 0 Å². The van der Waals surface area contributed by atoms with Crippen LogP contribution < -0.4 is 4.31 Å². The summed E-state index contributed by atoms with van der Waals surface area (Å²) in [7, 11) is -3.40. The maximum absolute atomic E-state index is 12.5. The molecule has 10 heteroatoms. The molecule has 1 saturated carbocycles. The van der Waals surface area contributed by atoms with Crippen LogP contribution in [0.15, 0.2) is 18.2 Å². The fraction of sp³-hybridized carbons (Fsp3) is 0.545. The van der Waals surface area contributed by atoms with Gasteiger partial charge in [0.25, 0.3) is 0 Å². The first-order valence-corrected chi connectivity index (χ1v) is 12.7. The van der Waals surface area contributed by atoms with Gasteiger partial charge in [-0.25, -0.2) is 8.42 Å². The number of carbonyl (C=O) groups is 4. The lowest BCUT2D eigenvalue weighted by molar-refractivity contribution is -0.152. The van der Waals surface area contributed by atoms with Crippen LogP contribution in [0.3, 0.4) is 0 Å². The van der Waals surface area contributed by atoms with Crippen molar-refractivity contribution in [2.75, 3.05) is 30.3 Å². The molecule has 1 aromatic carbocycles. The van der Waals surface area contributed by atoms with Gasteiger partial charge in [-0.05, 0) is 49.4 Å². The number of ether oxygens (including phenoxy) is 1. The van der Waals surface area contributed by atoms with Crippen LogP contribution in [0.2, 0.25) is 0 Å². The Bertz CT molecular complexity index is 1060. The van der Waals surface area contributed by atoms with Gasteiger partial charge in [0.05, 0.1) is 23.8 Å². The summed E-state index contributed by atoms with van der Waals surface area (Å²) in [6, 6.07) is 4.73. The number of Topliss-reactive ketones (excluding diaryl/α,β-unsaturated/α-hetero) is 1. The van der Waals surface area contributed by atoms with Gasteiger partial charge in [0.15, 0.2) is 12.4 Å². The van der Waals surface area contributed by atoms with Crippen molar-refractivity contribution in [3.05, 3.63) is 29.3 Å². The van der Waals surface area contributed by atoms with Gasteiger partial charge < -0.3 is 4.74 Å². The van der Waals surface area contributed by atoms with Crippen molar-refractivity contribution < 1.29 is 32.3 Å². The summed E-state index contributed by atoms with van der Waals surface area (Å²) in [4.78, 5) is 50.6. The van der Waals surface area contributed by atoms with Gasteiger partial charge in [0, 0.05) is 12.1 Å². The van der Waals surface area contributed by atoms with Crippen molar-refractivity contribution in [3.8, 4) is 0 Å². The molecule has 0 unspecified atom stereocenters. The van der Waals surface area contributed by atoms with E-state index in [2.05, 4.69) is 0 Å². The Morgan fingerprint density at radius 2 is 1.72 bits per heavy atom. The number of hydrogen-bond acceptors (Lipinski definition) is 7. The van der Waals surface area contributed by atoms with Crippen molar-refractivity contribution in [2.24, 2.45) is 11.8 Å². The second kappa shape index (κ2) is 8.65. The number of ketones is 1. The molecule has 1 saturated heterocycles. The normalized spacial score (nSPS) is 23.0. The van der Waals surface area contributed by atoms with Crippen molar-refractivity contribution in [1.29, 1.82) is 0 Å². The summed E-state index contributed by atoms with van der Waals surface area (Å²) < 4.78 is 30.3. The molecular weight excluding hydrogens is 436 g/mol. The van der Waals surface area contributed by atoms with Gasteiger partial charge in [-0.3, -0.25) is 28.4 Å². The predicted octanol–water partition coefficient (Wildman–Crippen LogP) is 1.30. The minimum Gasteiger partial charge on any atom is -0.456 e. The second-order valence-corrected chi connectivity index (χ2v) is 10.5. The number of esters is 1. The van der Waals surface area contributed by atoms with Gasteiger partial charge in [-0.2, -0.15) is 0 Å². The summed E-state index contributed by atoms with van der Waals surface area (Å²) >= 11 is 0. The van der Waals surface area contributed by atoms with Crippen LogP contribution in [-0.2, 0) is 35.6 Å². The highest BCUT2D eigenvalue weighted by atomic mass is 32.2. The van der Waals surface area contributed by atoms with E-state index in [4.69, 9.17) is 4.74 Å². The largest absolute Gasteiger partial charge is 0.456 e. The number of rotatable bonds is 6. The molecule has 0 spiro atoms. The smallest absolute Gasteiger partial charge is 0.326 e. The topological polar surface area (TPSA) is 118 Å². The van der Waals surface area contributed by atoms with E-state index in [1.807, 2.05) is 0 Å². The van der Waals surface area contributed by atoms with E-state index < -0.39 is 34.9 Å². The Morgan fingerprint density at radius 1 is 1.06 bits per heavy atom. The van der Waals surface area contributed by atoms with E-state index in [1.165, 1.54) is 10.4 Å². The number of carbonyl (C=O) groups excluding carboxylic acids is 4. The third kappa shape index (κ3) is 4.28. The molecule has 2 amide bonds. The van der Waals surface area contributed by atoms with E-state index in [0.29, 0.717) is 43.5 Å². The molecule has 4 rings (SSSR count). The van der Waals surface area contributed by atoms with Crippen molar-refractivity contribution in [3.63, 3.8) is 0 Å². The molecule has 2 atom stereocenters. The molecule has 0 bridgehead atoms. The van der Waals surface area contributed by atoms with Crippen LogP contribution in [0.4, 0.5) is 5.69 Å². The third-order valence-corrected chi connectivity index (χ3v) is 7.64. The number of anilines is 1. The van der Waals surface area contributed by atoms with E-state index in [-0.39, 0.29) is 23.7 Å². The van der Waals surface area contributed by atoms with Gasteiger partial charge in [-0.15, -0.1) is 0 Å². The second-order valence-electron chi connectivity index (χ2n) is 8.63. The maximum Gasteiger partial charge on any atom is 0.326 e. The van der Waals surface area contributed by atoms with Crippen molar-refractivity contribution in [2.45, 2.75) is 38.5 Å². The first kappa shape index (κ1) is 22.4. The standard InChI is InChI=1S/C22H26N2O7S/c1-32(29,30)24-10-4-5-14-11-15(8-9-18(14)24)19(25)13-31-20(26)12-23-21(27)16-6-2-3-7-17(16)22(23)28/h8-9,11,16-17H,2-7,10,12-13H2,1H3/t16-,17-/m0/s1. The number of sulfonamides is 1. The zero-order chi connectivity index (χ0) is 23.0. The molecule has 2 fully saturated rings. The lowest BCUT2D eigenvalue weighted by Gasteiger charge is -2.29. The number of benzene rings is 1. The van der Waals surface area contributed by atoms with Crippen LogP contribution in [-0.4, -0.2) is 62.8 Å². The average molecular weight is 463 g/mol. The maximum atomic E-state index is 12.5. The zero-order valence-electron chi connectivity index (χ0n) is 17.9. The molecular formula is C22H26N2O7S. The minimum absolute atomic E-state index is 0.311. The van der Waals surface area contributed by atoms with Gasteiger partial charge in [0.1, 0.15) is 6.54 Å². The molecule has 2 heterocycles. The molecule has 2 aliphatic heterocycles. The molecule has 3 aliphatic rings. The van der Waals surface area contributed by atoms with Crippen molar-refractivity contribution in [1.82, 2.24) is 4.90 Å². The van der Waals surface area contributed by atoms with E-state index >= 15 is 0 Å². The predicted molar refractivity (Wildman–Crippen MR) is 114 cm³/mol. The van der Waals surface area contributed by atoms with Gasteiger partial charge in [0.2, 0.25) is 21.8 Å². The van der Waals surface area contributed by atoms with E-state index in [1.54, 1.807) is 12.1 Å². The fourth-order valence-electron chi connectivity index (χ4n) is 4.87. The molecule has 32 heavy (non-hydrogen) atoms. The average Bonchev–Trinajstić information content (AvgIpc) is 3.01. The summed E-state index contributed by atoms with van der Waals surface area (Å²) in [6.45, 7) is -0.603. The molecule has 9 nitrogen and oxygen atoms in total. The Morgan fingerprint density at radius 3 is 2.34 bits per heavy atom. The number of hydrogen-bond donors (Lipinski definition) is 0. The van der Waals surface area contributed by atoms with E-state index in [0.717, 1.165) is 29.6 Å². The highest BCUT2D eigenvalue weighted by Crippen LogP contribution is 2.38. The highest BCUT2D eigenvalue weighted by molar-refractivity contribution is 7.92. The summed E-state index contributed by atoms with van der Waals surface area (Å²) in [5.41, 5.74) is 1.61. The summed E-state index contributed by atoms with van der Waals surface area (Å²) in [5.74, 6) is -2.58. The quantitative estimate of drug-likeness (QED) is 0.355. The van der Waals surface area contributed by atoms with E-state index in [9.17, 15) is 27.6 Å². The number of amides is 2. The highest BCUT2D eigenvalue weighted by Gasteiger charge is 2.48. The Balaban J connectivity index is 1.36. The SMILES string of the molecule is CS(=O)(=O)N1CCCc2cc(C(=O)COC(=O)CN3C(=O)[C@H]4CCCC[C@@H]4C3=O)ccc21.